The molecule has 1 N–H and O–H groups in total. The molecule has 8 heteroatoms. The Labute approximate surface area is 152 Å². The average molecular weight is 377 g/mol. The second-order valence-corrected chi connectivity index (χ2v) is 7.68. The van der Waals surface area contributed by atoms with Crippen LogP contribution in [-0.2, 0) is 11.8 Å². The highest BCUT2D eigenvalue weighted by Gasteiger charge is 2.13. The molecule has 24 heavy (non-hydrogen) atoms. The van der Waals surface area contributed by atoms with Gasteiger partial charge in [-0.25, -0.2) is 0 Å². The number of benzene rings is 1. The van der Waals surface area contributed by atoms with Crippen LogP contribution in [0.25, 0.3) is 10.7 Å². The molecular formula is C16H16N4OS3. The largest absolute Gasteiger partial charge is 0.325 e. The van der Waals surface area contributed by atoms with Crippen molar-refractivity contribution in [3.8, 4) is 10.7 Å². The van der Waals surface area contributed by atoms with Crippen LogP contribution in [0.15, 0.2) is 51.8 Å². The van der Waals surface area contributed by atoms with Crippen molar-refractivity contribution in [2.75, 3.05) is 17.3 Å². The first-order valence-electron chi connectivity index (χ1n) is 7.17. The molecule has 0 aliphatic heterocycles. The lowest BCUT2D eigenvalue weighted by Gasteiger charge is -2.06. The Balaban J connectivity index is 1.60. The van der Waals surface area contributed by atoms with Gasteiger partial charge in [0.05, 0.1) is 10.6 Å². The van der Waals surface area contributed by atoms with Gasteiger partial charge in [-0.1, -0.05) is 23.9 Å². The number of carbonyl (C=O) groups is 1. The van der Waals surface area contributed by atoms with Gasteiger partial charge in [0.1, 0.15) is 0 Å². The maximum atomic E-state index is 12.1. The first kappa shape index (κ1) is 17.1. The van der Waals surface area contributed by atoms with Crippen LogP contribution in [0.4, 0.5) is 5.69 Å². The lowest BCUT2D eigenvalue weighted by Crippen LogP contribution is -2.14. The van der Waals surface area contributed by atoms with E-state index < -0.39 is 0 Å². The third-order valence-electron chi connectivity index (χ3n) is 3.26. The Morgan fingerprint density at radius 2 is 2.17 bits per heavy atom. The molecule has 5 nitrogen and oxygen atoms in total. The monoisotopic (exact) mass is 376 g/mol. The standard InChI is InChI=1S/C16H16N4OS3/c1-20-15(13-7-4-8-23-13)18-19-16(20)24-10-14(21)17-11-5-3-6-12(9-11)22-2/h3-9H,10H2,1-2H3,(H,17,21). The van der Waals surface area contributed by atoms with E-state index in [-0.39, 0.29) is 5.91 Å². The lowest BCUT2D eigenvalue weighted by atomic mass is 10.3. The molecule has 0 spiro atoms. The number of aromatic nitrogens is 3. The van der Waals surface area contributed by atoms with Gasteiger partial charge in [0.15, 0.2) is 11.0 Å². The summed E-state index contributed by atoms with van der Waals surface area (Å²) in [4.78, 5) is 14.3. The molecule has 3 aromatic rings. The van der Waals surface area contributed by atoms with Gasteiger partial charge in [0.2, 0.25) is 5.91 Å². The summed E-state index contributed by atoms with van der Waals surface area (Å²) in [5.74, 6) is 1.06. The number of nitrogens with one attached hydrogen (secondary N) is 1. The molecule has 0 radical (unpaired) electrons. The minimum absolute atomic E-state index is 0.0565. The molecule has 0 atom stereocenters. The van der Waals surface area contributed by atoms with E-state index in [1.165, 1.54) is 11.8 Å². The maximum absolute atomic E-state index is 12.1. The average Bonchev–Trinajstić information content (AvgIpc) is 3.23. The van der Waals surface area contributed by atoms with Crippen molar-refractivity contribution >= 4 is 46.5 Å². The number of thioether (sulfide) groups is 2. The third kappa shape index (κ3) is 4.00. The Hall–Kier alpha value is -1.77. The first-order valence-corrected chi connectivity index (χ1v) is 10.3. The predicted octanol–water partition coefficient (Wildman–Crippen LogP) is 4.00. The summed E-state index contributed by atoms with van der Waals surface area (Å²) in [6.07, 6.45) is 2.01. The van der Waals surface area contributed by atoms with E-state index in [1.54, 1.807) is 23.1 Å². The zero-order chi connectivity index (χ0) is 16.9. The lowest BCUT2D eigenvalue weighted by molar-refractivity contribution is -0.113. The number of carbonyl (C=O) groups excluding carboxylic acids is 1. The molecular weight excluding hydrogens is 360 g/mol. The molecule has 2 heterocycles. The summed E-state index contributed by atoms with van der Waals surface area (Å²) in [6, 6.07) is 11.8. The predicted molar refractivity (Wildman–Crippen MR) is 102 cm³/mol. The third-order valence-corrected chi connectivity index (χ3v) is 5.87. The SMILES string of the molecule is CSc1cccc(NC(=O)CSc2nnc(-c3cccs3)n2C)c1. The first-order chi connectivity index (χ1) is 11.7. The molecule has 0 fully saturated rings. The fourth-order valence-corrected chi connectivity index (χ4v) is 4.00. The van der Waals surface area contributed by atoms with Crippen LogP contribution in [0.1, 0.15) is 0 Å². The van der Waals surface area contributed by atoms with Crippen LogP contribution in [0.5, 0.6) is 0 Å². The van der Waals surface area contributed by atoms with Gasteiger partial charge in [-0.15, -0.1) is 33.3 Å². The van der Waals surface area contributed by atoms with Gasteiger partial charge in [0, 0.05) is 17.6 Å². The van der Waals surface area contributed by atoms with Gasteiger partial charge in [0.25, 0.3) is 0 Å². The summed E-state index contributed by atoms with van der Waals surface area (Å²) in [5.41, 5.74) is 0.810. The number of nitrogens with zero attached hydrogens (tertiary/aromatic N) is 3. The van der Waals surface area contributed by atoms with E-state index in [4.69, 9.17) is 0 Å². The van der Waals surface area contributed by atoms with Crippen LogP contribution >= 0.6 is 34.9 Å². The highest BCUT2D eigenvalue weighted by molar-refractivity contribution is 7.99. The molecule has 0 unspecified atom stereocenters. The van der Waals surface area contributed by atoms with Crippen molar-refractivity contribution < 1.29 is 4.79 Å². The molecule has 0 bridgehead atoms. The summed E-state index contributed by atoms with van der Waals surface area (Å²) in [5, 5.41) is 14.0. The Morgan fingerprint density at radius 1 is 1.29 bits per heavy atom. The molecule has 3 rings (SSSR count). The fraction of sp³-hybridized carbons (Fsp3) is 0.188. The summed E-state index contributed by atoms with van der Waals surface area (Å²) in [6.45, 7) is 0. The van der Waals surface area contributed by atoms with Gasteiger partial charge >= 0.3 is 0 Å². The zero-order valence-electron chi connectivity index (χ0n) is 13.2. The van der Waals surface area contributed by atoms with E-state index in [0.717, 1.165) is 26.4 Å². The number of hydrogen-bond acceptors (Lipinski definition) is 6. The normalized spacial score (nSPS) is 10.8. The smallest absolute Gasteiger partial charge is 0.234 e. The Kier molecular flexibility index (Phi) is 5.60. The van der Waals surface area contributed by atoms with Gasteiger partial charge < -0.3 is 9.88 Å². The minimum atomic E-state index is -0.0565. The highest BCUT2D eigenvalue weighted by Crippen LogP contribution is 2.26. The summed E-state index contributed by atoms with van der Waals surface area (Å²) < 4.78 is 1.91. The van der Waals surface area contributed by atoms with Crippen molar-refractivity contribution in [3.63, 3.8) is 0 Å². The van der Waals surface area contributed by atoms with Crippen molar-refractivity contribution in [2.45, 2.75) is 10.1 Å². The van der Waals surface area contributed by atoms with Crippen LogP contribution in [0, 0.1) is 0 Å². The van der Waals surface area contributed by atoms with E-state index >= 15 is 0 Å². The molecule has 2 aromatic heterocycles. The Bertz CT molecular complexity index is 830. The zero-order valence-corrected chi connectivity index (χ0v) is 15.7. The number of thiophene rings is 1. The molecule has 124 valence electrons. The topological polar surface area (TPSA) is 59.8 Å². The second-order valence-electron chi connectivity index (χ2n) is 4.91. The van der Waals surface area contributed by atoms with E-state index in [2.05, 4.69) is 15.5 Å². The van der Waals surface area contributed by atoms with Gasteiger partial charge in [-0.05, 0) is 35.9 Å². The van der Waals surface area contributed by atoms with Crippen molar-refractivity contribution in [3.05, 3.63) is 41.8 Å². The van der Waals surface area contributed by atoms with Crippen molar-refractivity contribution in [2.24, 2.45) is 7.05 Å². The molecule has 0 aliphatic carbocycles. The quantitative estimate of drug-likeness (QED) is 0.659. The van der Waals surface area contributed by atoms with E-state index in [0.29, 0.717) is 5.75 Å². The second kappa shape index (κ2) is 7.87. The van der Waals surface area contributed by atoms with Gasteiger partial charge in [-0.2, -0.15) is 0 Å². The fourth-order valence-electron chi connectivity index (χ4n) is 2.09. The van der Waals surface area contributed by atoms with Crippen LogP contribution in [0.3, 0.4) is 0 Å². The molecule has 0 saturated heterocycles. The van der Waals surface area contributed by atoms with Gasteiger partial charge in [-0.3, -0.25) is 4.79 Å². The number of hydrogen-bond donors (Lipinski definition) is 1. The highest BCUT2D eigenvalue weighted by atomic mass is 32.2. The minimum Gasteiger partial charge on any atom is -0.325 e. The molecule has 0 saturated carbocycles. The Morgan fingerprint density at radius 3 is 2.92 bits per heavy atom. The van der Waals surface area contributed by atoms with E-state index in [9.17, 15) is 4.79 Å². The van der Waals surface area contributed by atoms with Crippen molar-refractivity contribution in [1.82, 2.24) is 14.8 Å². The molecule has 1 aromatic carbocycles. The van der Waals surface area contributed by atoms with Crippen molar-refractivity contribution in [1.29, 1.82) is 0 Å². The molecule has 0 aliphatic rings. The van der Waals surface area contributed by atoms with Crippen LogP contribution < -0.4 is 5.32 Å². The van der Waals surface area contributed by atoms with E-state index in [1.807, 2.05) is 59.6 Å². The summed E-state index contributed by atoms with van der Waals surface area (Å²) in [7, 11) is 1.91. The summed E-state index contributed by atoms with van der Waals surface area (Å²) >= 11 is 4.64. The maximum Gasteiger partial charge on any atom is 0.234 e. The number of anilines is 1. The molecule has 1 amide bonds. The number of amides is 1. The van der Waals surface area contributed by atoms with Crippen LogP contribution in [-0.4, -0.2) is 32.7 Å². The number of rotatable bonds is 6. The van der Waals surface area contributed by atoms with Crippen LogP contribution in [0.2, 0.25) is 0 Å².